The van der Waals surface area contributed by atoms with Crippen molar-refractivity contribution in [1.29, 1.82) is 0 Å². The Morgan fingerprint density at radius 3 is 2.59 bits per heavy atom. The Kier molecular flexibility index (Phi) is 7.40. The Balaban J connectivity index is 2.13. The lowest BCUT2D eigenvalue weighted by Gasteiger charge is -2.22. The molecule has 4 atom stereocenters. The van der Waals surface area contributed by atoms with E-state index in [-0.39, 0.29) is 23.2 Å². The Labute approximate surface area is 189 Å². The van der Waals surface area contributed by atoms with Crippen molar-refractivity contribution in [3.8, 4) is 0 Å². The molecule has 11 nitrogen and oxygen atoms in total. The molecule has 176 valence electrons. The van der Waals surface area contributed by atoms with Crippen LogP contribution in [0.5, 0.6) is 0 Å². The summed E-state index contributed by atoms with van der Waals surface area (Å²) in [5.74, 6) is -1.08. The van der Waals surface area contributed by atoms with Gasteiger partial charge in [0, 0.05) is 26.8 Å². The van der Waals surface area contributed by atoms with Crippen molar-refractivity contribution >= 4 is 40.7 Å². The van der Waals surface area contributed by atoms with Gasteiger partial charge in [0.2, 0.25) is 5.95 Å². The van der Waals surface area contributed by atoms with Crippen LogP contribution in [0.3, 0.4) is 0 Å². The number of nitrogens with two attached hydrogens (primary N) is 1. The second-order valence-electron chi connectivity index (χ2n) is 7.71. The third-order valence-electron chi connectivity index (χ3n) is 5.31. The van der Waals surface area contributed by atoms with Crippen LogP contribution in [0, 0.1) is 0 Å². The summed E-state index contributed by atoms with van der Waals surface area (Å²) in [5.41, 5.74) is 5.89. The molecule has 0 bridgehead atoms. The van der Waals surface area contributed by atoms with Crippen molar-refractivity contribution in [1.82, 2.24) is 19.1 Å². The van der Waals surface area contributed by atoms with E-state index >= 15 is 0 Å². The average molecular weight is 470 g/mol. The maximum absolute atomic E-state index is 13.5. The number of fused-ring (bicyclic) bond motifs is 1. The minimum Gasteiger partial charge on any atom is -0.460 e. The van der Waals surface area contributed by atoms with E-state index in [2.05, 4.69) is 9.97 Å². The molecule has 0 unspecified atom stereocenters. The van der Waals surface area contributed by atoms with Crippen LogP contribution in [0.4, 0.5) is 5.95 Å². The highest BCUT2D eigenvalue weighted by atomic mass is 35.5. The van der Waals surface area contributed by atoms with Gasteiger partial charge in [-0.3, -0.25) is 14.2 Å². The molecule has 2 N–H and O–H groups in total. The van der Waals surface area contributed by atoms with Crippen molar-refractivity contribution in [2.24, 2.45) is 0 Å². The van der Waals surface area contributed by atoms with E-state index in [4.69, 9.17) is 31.5 Å². The predicted octanol–water partition coefficient (Wildman–Crippen LogP) is 2.19. The average Bonchev–Trinajstić information content (AvgIpc) is 3.21. The first-order valence-corrected chi connectivity index (χ1v) is 11.0. The van der Waals surface area contributed by atoms with E-state index in [0.717, 1.165) is 12.8 Å². The summed E-state index contributed by atoms with van der Waals surface area (Å²) in [5, 5.41) is 0.0457. The van der Waals surface area contributed by atoms with Crippen LogP contribution >= 0.6 is 11.6 Å². The number of imidazole rings is 1. The molecule has 0 amide bonds. The van der Waals surface area contributed by atoms with Crippen LogP contribution in [0.15, 0.2) is 4.79 Å². The number of rotatable bonds is 8. The van der Waals surface area contributed by atoms with Crippen molar-refractivity contribution in [3.63, 3.8) is 0 Å². The van der Waals surface area contributed by atoms with Crippen molar-refractivity contribution in [2.75, 3.05) is 5.73 Å². The SMILES string of the molecule is CCCCn1c(=O)n([C@@H]2O[C@H]([C@H](CC)OC(C)=O)C[C@H]2OC(C)=O)c2nc(N)nc(Cl)c21. The summed E-state index contributed by atoms with van der Waals surface area (Å²) in [7, 11) is 0. The third-order valence-corrected chi connectivity index (χ3v) is 5.58. The molecule has 1 saturated heterocycles. The minimum absolute atomic E-state index is 0.0457. The maximum atomic E-state index is 13.5. The number of anilines is 1. The Morgan fingerprint density at radius 2 is 2.00 bits per heavy atom. The molecule has 0 radical (unpaired) electrons. The minimum atomic E-state index is -1.00. The fraction of sp³-hybridized carbons (Fsp3) is 0.650. The summed E-state index contributed by atoms with van der Waals surface area (Å²) < 4.78 is 19.8. The van der Waals surface area contributed by atoms with Crippen molar-refractivity contribution in [2.45, 2.75) is 84.5 Å². The number of aryl methyl sites for hydroxylation is 1. The van der Waals surface area contributed by atoms with Crippen LogP contribution in [0.2, 0.25) is 5.15 Å². The normalized spacial score (nSPS) is 21.6. The number of hydrogen-bond donors (Lipinski definition) is 1. The van der Waals surface area contributed by atoms with Gasteiger partial charge >= 0.3 is 17.6 Å². The first kappa shape index (κ1) is 24.0. The molecular formula is C20H28ClN5O6. The molecule has 12 heteroatoms. The molecule has 2 aromatic heterocycles. The Hall–Kier alpha value is -2.66. The smallest absolute Gasteiger partial charge is 0.332 e. The van der Waals surface area contributed by atoms with Gasteiger partial charge in [0.25, 0.3) is 0 Å². The molecule has 0 aliphatic carbocycles. The number of carbonyl (C=O) groups excluding carboxylic acids is 2. The standard InChI is InChI=1S/C20H28ClN5O6/c1-5-7-8-25-15-16(21)23-19(22)24-17(15)26(20(25)29)18-14(31-11(4)28)9-13(32-18)12(6-2)30-10(3)27/h12-14,18H,5-9H2,1-4H3,(H2,22,23,24)/t12-,13-,14+,18+/m0/s1. The zero-order valence-corrected chi connectivity index (χ0v) is 19.3. The predicted molar refractivity (Wildman–Crippen MR) is 116 cm³/mol. The van der Waals surface area contributed by atoms with Gasteiger partial charge < -0.3 is 19.9 Å². The van der Waals surface area contributed by atoms with Crippen LogP contribution in [-0.2, 0) is 30.3 Å². The van der Waals surface area contributed by atoms with Gasteiger partial charge in [-0.1, -0.05) is 31.9 Å². The molecular weight excluding hydrogens is 442 g/mol. The molecule has 0 saturated carbocycles. The highest BCUT2D eigenvalue weighted by Crippen LogP contribution is 2.36. The van der Waals surface area contributed by atoms with Crippen LogP contribution in [0.25, 0.3) is 11.2 Å². The molecule has 2 aromatic rings. The van der Waals surface area contributed by atoms with Gasteiger partial charge in [-0.15, -0.1) is 0 Å². The fourth-order valence-electron chi connectivity index (χ4n) is 3.99. The number of ether oxygens (including phenoxy) is 3. The van der Waals surface area contributed by atoms with E-state index in [9.17, 15) is 14.4 Å². The molecule has 32 heavy (non-hydrogen) atoms. The van der Waals surface area contributed by atoms with Gasteiger partial charge in [-0.05, 0) is 12.8 Å². The van der Waals surface area contributed by atoms with Crippen LogP contribution in [0.1, 0.15) is 59.6 Å². The lowest BCUT2D eigenvalue weighted by Crippen LogP contribution is -2.34. The molecule has 3 rings (SSSR count). The molecule has 0 aromatic carbocycles. The number of halogens is 1. The lowest BCUT2D eigenvalue weighted by atomic mass is 10.1. The topological polar surface area (TPSA) is 141 Å². The summed E-state index contributed by atoms with van der Waals surface area (Å²) >= 11 is 6.33. The number of nitrogens with zero attached hydrogens (tertiary/aromatic N) is 4. The fourth-order valence-corrected chi connectivity index (χ4v) is 4.26. The first-order valence-electron chi connectivity index (χ1n) is 10.6. The largest absolute Gasteiger partial charge is 0.460 e. The molecule has 1 aliphatic heterocycles. The van der Waals surface area contributed by atoms with Crippen molar-refractivity contribution in [3.05, 3.63) is 15.6 Å². The Bertz CT molecular complexity index is 1070. The second kappa shape index (κ2) is 9.86. The number of hydrogen-bond acceptors (Lipinski definition) is 9. The zero-order chi connectivity index (χ0) is 23.6. The maximum Gasteiger partial charge on any atom is 0.332 e. The van der Waals surface area contributed by atoms with Gasteiger partial charge in [0.15, 0.2) is 17.0 Å². The second-order valence-corrected chi connectivity index (χ2v) is 8.07. The quantitative estimate of drug-likeness (QED) is 0.454. The van der Waals surface area contributed by atoms with E-state index in [0.29, 0.717) is 18.5 Å². The van der Waals surface area contributed by atoms with E-state index in [1.54, 1.807) is 0 Å². The summed E-state index contributed by atoms with van der Waals surface area (Å²) in [4.78, 5) is 45.0. The number of esters is 2. The number of aromatic nitrogens is 4. The van der Waals surface area contributed by atoms with Gasteiger partial charge in [-0.25, -0.2) is 9.36 Å². The molecule has 3 heterocycles. The summed E-state index contributed by atoms with van der Waals surface area (Å²) in [6, 6.07) is 0. The molecule has 0 spiro atoms. The molecule has 1 aliphatic rings. The first-order chi connectivity index (χ1) is 15.2. The zero-order valence-electron chi connectivity index (χ0n) is 18.5. The van der Waals surface area contributed by atoms with Gasteiger partial charge in [0.05, 0.1) is 0 Å². The van der Waals surface area contributed by atoms with E-state index in [1.807, 2.05) is 13.8 Å². The van der Waals surface area contributed by atoms with Gasteiger partial charge in [-0.2, -0.15) is 9.97 Å². The number of nitrogen functional groups attached to an aromatic ring is 1. The van der Waals surface area contributed by atoms with E-state index < -0.39 is 42.2 Å². The summed E-state index contributed by atoms with van der Waals surface area (Å²) in [6.45, 7) is 6.83. The summed E-state index contributed by atoms with van der Waals surface area (Å²) in [6.07, 6.45) is -0.666. The number of carbonyl (C=O) groups is 2. The molecule has 1 fully saturated rings. The number of unbranched alkanes of at least 4 members (excludes halogenated alkanes) is 1. The highest BCUT2D eigenvalue weighted by molar-refractivity contribution is 6.33. The van der Waals surface area contributed by atoms with Crippen LogP contribution in [-0.4, -0.2) is 49.4 Å². The van der Waals surface area contributed by atoms with Crippen molar-refractivity contribution < 1.29 is 23.8 Å². The van der Waals surface area contributed by atoms with Crippen LogP contribution < -0.4 is 11.4 Å². The lowest BCUT2D eigenvalue weighted by molar-refractivity contribution is -0.158. The van der Waals surface area contributed by atoms with E-state index in [1.165, 1.54) is 23.0 Å². The van der Waals surface area contributed by atoms with Gasteiger partial charge in [0.1, 0.15) is 23.8 Å². The monoisotopic (exact) mass is 469 g/mol. The Morgan fingerprint density at radius 1 is 1.28 bits per heavy atom. The highest BCUT2D eigenvalue weighted by Gasteiger charge is 2.45. The third kappa shape index (κ3) is 4.73.